The molecule has 3 N–H and O–H groups in total. The van der Waals surface area contributed by atoms with Crippen molar-refractivity contribution >= 4 is 15.9 Å². The third-order valence-electron chi connectivity index (χ3n) is 2.70. The molecule has 1 unspecified atom stereocenters. The van der Waals surface area contributed by atoms with Crippen LogP contribution >= 0.6 is 15.9 Å². The van der Waals surface area contributed by atoms with E-state index in [0.29, 0.717) is 5.56 Å². The van der Waals surface area contributed by atoms with Crippen molar-refractivity contribution in [1.82, 2.24) is 5.32 Å². The molecule has 1 aromatic rings. The zero-order valence-electron chi connectivity index (χ0n) is 7.93. The summed E-state index contributed by atoms with van der Waals surface area (Å²) in [5, 5.41) is 22.2. The Morgan fingerprint density at radius 2 is 2.13 bits per heavy atom. The van der Waals surface area contributed by atoms with E-state index in [9.17, 15) is 14.6 Å². The largest absolute Gasteiger partial charge is 0.506 e. The molecule has 1 aliphatic rings. The van der Waals surface area contributed by atoms with E-state index in [-0.39, 0.29) is 16.1 Å². The van der Waals surface area contributed by atoms with Gasteiger partial charge in [-0.2, -0.15) is 0 Å². The standard InChI is InChI=1S/C10H11BrFNO2/c11-8-9(14)6(3-7(12)10(8)15)5-1-2-13-4-5/h3,5,13-15H,1-2,4H2. The van der Waals surface area contributed by atoms with E-state index in [4.69, 9.17) is 0 Å². The highest BCUT2D eigenvalue weighted by molar-refractivity contribution is 9.10. The Hall–Kier alpha value is -0.810. The molecule has 1 saturated heterocycles. The highest BCUT2D eigenvalue weighted by Gasteiger charge is 2.24. The Morgan fingerprint density at radius 1 is 1.40 bits per heavy atom. The summed E-state index contributed by atoms with van der Waals surface area (Å²) in [6, 6.07) is 1.20. The minimum atomic E-state index is -0.707. The minimum Gasteiger partial charge on any atom is -0.506 e. The number of aromatic hydroxyl groups is 2. The van der Waals surface area contributed by atoms with Crippen molar-refractivity contribution in [3.8, 4) is 11.5 Å². The second-order valence-electron chi connectivity index (χ2n) is 3.65. The molecule has 0 saturated carbocycles. The van der Waals surface area contributed by atoms with Crippen molar-refractivity contribution in [2.24, 2.45) is 0 Å². The summed E-state index contributed by atoms with van der Waals surface area (Å²) in [4.78, 5) is 0. The molecule has 2 rings (SSSR count). The van der Waals surface area contributed by atoms with Crippen LogP contribution in [0.3, 0.4) is 0 Å². The molecule has 0 spiro atoms. The van der Waals surface area contributed by atoms with Crippen LogP contribution in [-0.2, 0) is 0 Å². The maximum atomic E-state index is 13.3. The fourth-order valence-corrected chi connectivity index (χ4v) is 2.27. The molecular formula is C10H11BrFNO2. The van der Waals surface area contributed by atoms with Crippen LogP contribution < -0.4 is 5.32 Å². The van der Waals surface area contributed by atoms with Crippen molar-refractivity contribution in [3.63, 3.8) is 0 Å². The lowest BCUT2D eigenvalue weighted by atomic mass is 9.97. The van der Waals surface area contributed by atoms with Gasteiger partial charge in [-0.05, 0) is 35.0 Å². The Balaban J connectivity index is 2.47. The highest BCUT2D eigenvalue weighted by Crippen LogP contribution is 2.41. The summed E-state index contributed by atoms with van der Waals surface area (Å²) in [6.45, 7) is 1.59. The number of rotatable bonds is 1. The van der Waals surface area contributed by atoms with Gasteiger partial charge in [0.2, 0.25) is 0 Å². The maximum Gasteiger partial charge on any atom is 0.169 e. The van der Waals surface area contributed by atoms with Gasteiger partial charge < -0.3 is 15.5 Å². The molecule has 1 atom stereocenters. The van der Waals surface area contributed by atoms with E-state index in [2.05, 4.69) is 21.2 Å². The molecule has 1 aliphatic heterocycles. The van der Waals surface area contributed by atoms with Gasteiger partial charge in [-0.15, -0.1) is 0 Å². The van der Waals surface area contributed by atoms with Gasteiger partial charge in [0.05, 0.1) is 0 Å². The van der Waals surface area contributed by atoms with Crippen LogP contribution in [0.5, 0.6) is 11.5 Å². The molecule has 5 heteroatoms. The van der Waals surface area contributed by atoms with E-state index >= 15 is 0 Å². The van der Waals surface area contributed by atoms with Gasteiger partial charge in [0.1, 0.15) is 10.2 Å². The van der Waals surface area contributed by atoms with Crippen LogP contribution in [0.4, 0.5) is 4.39 Å². The molecule has 15 heavy (non-hydrogen) atoms. The molecule has 1 aromatic carbocycles. The van der Waals surface area contributed by atoms with Gasteiger partial charge in [-0.1, -0.05) is 0 Å². The molecule has 1 heterocycles. The number of benzene rings is 1. The molecule has 0 aliphatic carbocycles. The number of phenols is 2. The lowest BCUT2D eigenvalue weighted by molar-refractivity contribution is 0.408. The third kappa shape index (κ3) is 1.81. The van der Waals surface area contributed by atoms with Gasteiger partial charge in [0.15, 0.2) is 11.6 Å². The third-order valence-corrected chi connectivity index (χ3v) is 3.45. The second kappa shape index (κ2) is 3.98. The molecule has 0 amide bonds. The van der Waals surface area contributed by atoms with Crippen LogP contribution in [0.1, 0.15) is 17.9 Å². The van der Waals surface area contributed by atoms with Crippen LogP contribution in [0, 0.1) is 5.82 Å². The van der Waals surface area contributed by atoms with Crippen molar-refractivity contribution in [1.29, 1.82) is 0 Å². The fourth-order valence-electron chi connectivity index (χ4n) is 1.85. The summed E-state index contributed by atoms with van der Waals surface area (Å²) in [5.74, 6) is -1.21. The predicted octanol–water partition coefficient (Wildman–Crippen LogP) is 2.08. The van der Waals surface area contributed by atoms with Gasteiger partial charge in [-0.3, -0.25) is 0 Å². The van der Waals surface area contributed by atoms with Crippen LogP contribution in [0.15, 0.2) is 10.5 Å². The molecule has 0 aromatic heterocycles. The van der Waals surface area contributed by atoms with Crippen LogP contribution in [0.2, 0.25) is 0 Å². The minimum absolute atomic E-state index is 0.0319. The van der Waals surface area contributed by atoms with Gasteiger partial charge in [0, 0.05) is 18.0 Å². The molecular weight excluding hydrogens is 265 g/mol. The quantitative estimate of drug-likeness (QED) is 0.736. The van der Waals surface area contributed by atoms with E-state index in [1.165, 1.54) is 6.07 Å². The summed E-state index contributed by atoms with van der Waals surface area (Å²) in [5.41, 5.74) is 0.544. The van der Waals surface area contributed by atoms with Crippen molar-refractivity contribution in [2.45, 2.75) is 12.3 Å². The van der Waals surface area contributed by atoms with Crippen LogP contribution in [0.25, 0.3) is 0 Å². The van der Waals surface area contributed by atoms with Crippen LogP contribution in [-0.4, -0.2) is 23.3 Å². The Kier molecular flexibility index (Phi) is 2.84. The average Bonchev–Trinajstić information content (AvgIpc) is 2.73. The van der Waals surface area contributed by atoms with Gasteiger partial charge >= 0.3 is 0 Å². The first-order chi connectivity index (χ1) is 7.11. The summed E-state index contributed by atoms with van der Waals surface area (Å²) in [6.07, 6.45) is 0.865. The topological polar surface area (TPSA) is 52.5 Å². The molecule has 82 valence electrons. The number of hydrogen-bond donors (Lipinski definition) is 3. The first kappa shape index (κ1) is 10.7. The first-order valence-corrected chi connectivity index (χ1v) is 5.51. The monoisotopic (exact) mass is 275 g/mol. The number of phenolic OH excluding ortho intramolecular Hbond substituents is 2. The molecule has 1 fully saturated rings. The summed E-state index contributed by atoms with van der Waals surface area (Å²) in [7, 11) is 0. The normalized spacial score (nSPS) is 20.8. The lowest BCUT2D eigenvalue weighted by Crippen LogP contribution is -2.08. The van der Waals surface area contributed by atoms with E-state index in [1.807, 2.05) is 0 Å². The Bertz CT molecular complexity index is 391. The van der Waals surface area contributed by atoms with Crippen molar-refractivity contribution < 1.29 is 14.6 Å². The van der Waals surface area contributed by atoms with E-state index in [0.717, 1.165) is 19.5 Å². The highest BCUT2D eigenvalue weighted by atomic mass is 79.9. The second-order valence-corrected chi connectivity index (χ2v) is 4.44. The zero-order chi connectivity index (χ0) is 11.0. The van der Waals surface area contributed by atoms with Gasteiger partial charge in [-0.25, -0.2) is 4.39 Å². The zero-order valence-corrected chi connectivity index (χ0v) is 9.51. The van der Waals surface area contributed by atoms with E-state index in [1.54, 1.807) is 0 Å². The Labute approximate surface area is 95.1 Å². The summed E-state index contributed by atoms with van der Waals surface area (Å²) >= 11 is 2.97. The maximum absolute atomic E-state index is 13.3. The number of nitrogens with one attached hydrogen (secondary N) is 1. The van der Waals surface area contributed by atoms with Gasteiger partial charge in [0.25, 0.3) is 0 Å². The summed E-state index contributed by atoms with van der Waals surface area (Å²) < 4.78 is 13.3. The average molecular weight is 276 g/mol. The molecule has 0 bridgehead atoms. The number of hydrogen-bond acceptors (Lipinski definition) is 3. The van der Waals surface area contributed by atoms with Crippen molar-refractivity contribution in [2.75, 3.05) is 13.1 Å². The fraction of sp³-hybridized carbons (Fsp3) is 0.400. The molecule has 3 nitrogen and oxygen atoms in total. The Morgan fingerprint density at radius 3 is 2.73 bits per heavy atom. The first-order valence-electron chi connectivity index (χ1n) is 4.71. The number of halogens is 2. The lowest BCUT2D eigenvalue weighted by Gasteiger charge is -2.13. The predicted molar refractivity (Wildman–Crippen MR) is 57.7 cm³/mol. The SMILES string of the molecule is Oc1c(F)cc(C2CCNC2)c(O)c1Br. The smallest absolute Gasteiger partial charge is 0.169 e. The van der Waals surface area contributed by atoms with E-state index < -0.39 is 11.6 Å². The van der Waals surface area contributed by atoms with Crippen molar-refractivity contribution in [3.05, 3.63) is 21.9 Å². The molecule has 0 radical (unpaired) electrons.